The van der Waals surface area contributed by atoms with Crippen molar-refractivity contribution < 1.29 is 60.3 Å². The van der Waals surface area contributed by atoms with Crippen molar-refractivity contribution in [1.82, 2.24) is 15.0 Å². The Kier molecular flexibility index (Phi) is 22.2. The molecule has 69 heavy (non-hydrogen) atoms. The Labute approximate surface area is 458 Å². The van der Waals surface area contributed by atoms with Crippen molar-refractivity contribution in [1.29, 1.82) is 0 Å². The zero-order valence-corrected chi connectivity index (χ0v) is 51.8. The van der Waals surface area contributed by atoms with Gasteiger partial charge >= 0.3 is 0 Å². The zero-order valence-electron chi connectivity index (χ0n) is 41.6. The summed E-state index contributed by atoms with van der Waals surface area (Å²) >= 11 is 0. The molecule has 0 spiro atoms. The van der Waals surface area contributed by atoms with Gasteiger partial charge in [-0.25, -0.2) is 0 Å². The van der Waals surface area contributed by atoms with Crippen molar-refractivity contribution in [3.63, 3.8) is 0 Å². The summed E-state index contributed by atoms with van der Waals surface area (Å²) in [6, 6.07) is 62.1. The maximum atomic E-state index is 4.80. The van der Waals surface area contributed by atoms with Crippen molar-refractivity contribution in [2.45, 2.75) is 91.0 Å². The second-order valence-electron chi connectivity index (χ2n) is 20.6. The third-order valence-corrected chi connectivity index (χ3v) is 18.4. The van der Waals surface area contributed by atoms with Gasteiger partial charge in [-0.3, -0.25) is 0 Å². The van der Waals surface area contributed by atoms with E-state index >= 15 is 0 Å². The van der Waals surface area contributed by atoms with E-state index in [1.165, 1.54) is 64.7 Å². The van der Waals surface area contributed by atoms with E-state index in [0.717, 1.165) is 39.7 Å². The molecule has 0 aliphatic heterocycles. The van der Waals surface area contributed by atoms with Crippen molar-refractivity contribution >= 4 is 39.8 Å². The SMILES string of the molecule is C[Si](C)(C)c1cnc(-c2[c-]cccc2)c(-c2ccccc2)c1.C[Si](C)(C)c1cnc(-c2[c-]cccc2)cc1-c1ccccc1.C[Si](C)(C)c1cnc(-c2[c-]cccc2)cc1CC1CCCC1.[Ir].[Ir].[Ir]. The van der Waals surface area contributed by atoms with Crippen LogP contribution in [-0.4, -0.2) is 39.2 Å². The van der Waals surface area contributed by atoms with Gasteiger partial charge in [0, 0.05) is 78.9 Å². The minimum absolute atomic E-state index is 0. The van der Waals surface area contributed by atoms with Gasteiger partial charge < -0.3 is 15.0 Å². The second kappa shape index (κ2) is 26.6. The van der Waals surface area contributed by atoms with Crippen LogP contribution in [0.25, 0.3) is 56.0 Å². The molecule has 3 aromatic heterocycles. The van der Waals surface area contributed by atoms with E-state index in [2.05, 4.69) is 193 Å². The molecular formula is C60H66Ir3N3Si3-3. The van der Waals surface area contributed by atoms with Gasteiger partial charge in [0.05, 0.1) is 24.2 Å². The molecule has 5 aromatic carbocycles. The quantitative estimate of drug-likeness (QED) is 0.101. The molecule has 363 valence electrons. The summed E-state index contributed by atoms with van der Waals surface area (Å²) in [6.45, 7) is 21.4. The van der Waals surface area contributed by atoms with E-state index in [4.69, 9.17) is 15.0 Å². The number of aromatic nitrogens is 3. The molecular weight excluding hydrogens is 1420 g/mol. The van der Waals surface area contributed by atoms with Gasteiger partial charge in [-0.2, -0.15) is 0 Å². The fraction of sp³-hybridized carbons (Fsp3) is 0.250. The van der Waals surface area contributed by atoms with Crippen LogP contribution >= 0.6 is 0 Å². The van der Waals surface area contributed by atoms with Crippen LogP contribution in [0.2, 0.25) is 58.9 Å². The van der Waals surface area contributed by atoms with Crippen LogP contribution in [0, 0.1) is 24.1 Å². The standard InChI is InChI=1S/2C20H20NSi.C20H26NSi.3Ir/c1-22(2,3)20-15-21-19(17-12-8-5-9-13-17)14-18(20)16-10-6-4-7-11-16;1-22(2,3)18-14-19(16-10-6-4-7-11-16)20(21-15-18)17-12-8-5-9-13-17;1-22(2,3)20-15-21-19(17-11-5-4-6-12-17)14-18(20)13-16-9-7-8-10-16;;;/h2*4-12,14-15H,1-3H3;4-6,11,14-16H,7-10,13H2,1-3H3;;;/q3*-1;;;. The van der Waals surface area contributed by atoms with E-state index in [0.29, 0.717) is 0 Å². The maximum Gasteiger partial charge on any atom is 0.0803 e. The molecule has 1 saturated carbocycles. The molecule has 3 radical (unpaired) electrons. The summed E-state index contributed by atoms with van der Waals surface area (Å²) in [5.74, 6) is 0.880. The van der Waals surface area contributed by atoms with Crippen LogP contribution in [0.1, 0.15) is 31.2 Å². The summed E-state index contributed by atoms with van der Waals surface area (Å²) in [4.78, 5) is 14.3. The molecule has 9 rings (SSSR count). The van der Waals surface area contributed by atoms with Gasteiger partial charge in [0.2, 0.25) is 0 Å². The monoisotopic (exact) mass is 1490 g/mol. The van der Waals surface area contributed by atoms with Gasteiger partial charge in [-0.1, -0.05) is 169 Å². The van der Waals surface area contributed by atoms with E-state index in [1.54, 1.807) is 10.8 Å². The minimum atomic E-state index is -1.46. The molecule has 0 bridgehead atoms. The molecule has 1 fully saturated rings. The maximum absolute atomic E-state index is 4.80. The first kappa shape index (κ1) is 57.7. The summed E-state index contributed by atoms with van der Waals surface area (Å²) in [5, 5.41) is 4.32. The van der Waals surface area contributed by atoms with E-state index in [9.17, 15) is 0 Å². The first-order valence-corrected chi connectivity index (χ1v) is 34.2. The topological polar surface area (TPSA) is 38.7 Å². The van der Waals surface area contributed by atoms with Crippen molar-refractivity contribution in [2.24, 2.45) is 5.92 Å². The van der Waals surface area contributed by atoms with Gasteiger partial charge in [0.1, 0.15) is 0 Å². The Morgan fingerprint density at radius 2 is 0.899 bits per heavy atom. The third kappa shape index (κ3) is 16.1. The molecule has 3 nitrogen and oxygen atoms in total. The molecule has 1 aliphatic carbocycles. The Morgan fingerprint density at radius 3 is 1.36 bits per heavy atom. The Balaban J connectivity index is 0.000000221. The van der Waals surface area contributed by atoms with Gasteiger partial charge in [-0.15, -0.1) is 108 Å². The van der Waals surface area contributed by atoms with Crippen molar-refractivity contribution in [2.75, 3.05) is 0 Å². The fourth-order valence-electron chi connectivity index (χ4n) is 8.64. The van der Waals surface area contributed by atoms with Crippen LogP contribution in [0.15, 0.2) is 170 Å². The predicted octanol–water partition coefficient (Wildman–Crippen LogP) is 14.3. The van der Waals surface area contributed by atoms with E-state index in [-0.39, 0.29) is 60.3 Å². The van der Waals surface area contributed by atoms with Crippen LogP contribution in [0.5, 0.6) is 0 Å². The number of hydrogen-bond donors (Lipinski definition) is 0. The molecule has 8 aromatic rings. The third-order valence-electron chi connectivity index (χ3n) is 12.4. The molecule has 9 heteroatoms. The van der Waals surface area contributed by atoms with Crippen molar-refractivity contribution in [3.8, 4) is 56.0 Å². The van der Waals surface area contributed by atoms with Crippen LogP contribution in [0.3, 0.4) is 0 Å². The molecule has 0 N–H and O–H groups in total. The predicted molar refractivity (Wildman–Crippen MR) is 291 cm³/mol. The number of rotatable bonds is 10. The Bertz CT molecular complexity index is 2770. The van der Waals surface area contributed by atoms with Gasteiger partial charge in [0.25, 0.3) is 0 Å². The van der Waals surface area contributed by atoms with Crippen LogP contribution in [-0.2, 0) is 66.7 Å². The number of nitrogens with zero attached hydrogens (tertiary/aromatic N) is 3. The van der Waals surface area contributed by atoms with Gasteiger partial charge in [-0.05, 0) is 67.2 Å². The fourth-order valence-corrected chi connectivity index (χ4v) is 12.7. The second-order valence-corrected chi connectivity index (χ2v) is 35.8. The summed E-state index contributed by atoms with van der Waals surface area (Å²) < 4.78 is 0. The average Bonchev–Trinajstić information content (AvgIpc) is 3.85. The average molecular weight is 1490 g/mol. The number of benzene rings is 5. The largest absolute Gasteiger partial charge is 0.305 e. The summed E-state index contributed by atoms with van der Waals surface area (Å²) in [7, 11) is -4.20. The summed E-state index contributed by atoms with van der Waals surface area (Å²) in [5.41, 5.74) is 12.8. The van der Waals surface area contributed by atoms with Crippen LogP contribution < -0.4 is 15.6 Å². The first-order valence-electron chi connectivity index (χ1n) is 23.7. The first-order chi connectivity index (χ1) is 31.6. The molecule has 1 aliphatic rings. The Hall–Kier alpha value is -3.85. The smallest absolute Gasteiger partial charge is 0.0803 e. The number of pyridine rings is 3. The summed E-state index contributed by atoms with van der Waals surface area (Å²) in [6.07, 6.45) is 13.2. The van der Waals surface area contributed by atoms with Crippen molar-refractivity contribution in [3.05, 3.63) is 194 Å². The normalized spacial score (nSPS) is 12.4. The van der Waals surface area contributed by atoms with Crippen LogP contribution in [0.4, 0.5) is 0 Å². The molecule has 0 saturated heterocycles. The van der Waals surface area contributed by atoms with E-state index < -0.39 is 24.2 Å². The molecule has 0 unspecified atom stereocenters. The molecule has 0 atom stereocenters. The zero-order chi connectivity index (χ0) is 46.7. The molecule has 0 amide bonds. The van der Waals surface area contributed by atoms with E-state index in [1.807, 2.05) is 54.6 Å². The molecule has 3 heterocycles. The number of hydrogen-bond acceptors (Lipinski definition) is 3. The Morgan fingerprint density at radius 1 is 0.449 bits per heavy atom. The minimum Gasteiger partial charge on any atom is -0.305 e. The van der Waals surface area contributed by atoms with Gasteiger partial charge in [0.15, 0.2) is 0 Å².